The van der Waals surface area contributed by atoms with Crippen LogP contribution in [0.1, 0.15) is 12.5 Å². The summed E-state index contributed by atoms with van der Waals surface area (Å²) in [4.78, 5) is 22.7. The third kappa shape index (κ3) is 3.70. The van der Waals surface area contributed by atoms with Gasteiger partial charge in [-0.25, -0.2) is 0 Å². The largest absolute Gasteiger partial charge is 0.468 e. The van der Waals surface area contributed by atoms with E-state index in [1.165, 1.54) is 7.11 Å². The van der Waals surface area contributed by atoms with Gasteiger partial charge in [0.15, 0.2) is 0 Å². The van der Waals surface area contributed by atoms with Crippen molar-refractivity contribution in [3.05, 3.63) is 35.9 Å². The van der Waals surface area contributed by atoms with E-state index in [1.54, 1.807) is 6.92 Å². The molecule has 1 unspecified atom stereocenters. The third-order valence-corrected chi connectivity index (χ3v) is 3.25. The molecular weight excluding hydrogens is 224 g/mol. The fourth-order valence-corrected chi connectivity index (χ4v) is 1.97. The Kier molecular flexibility index (Phi) is 5.05. The normalized spacial score (nSPS) is 11.9. The van der Waals surface area contributed by atoms with E-state index in [9.17, 15) is 9.59 Å². The minimum atomic E-state index is -0.696. The maximum Gasteiger partial charge on any atom is 0.316 e. The lowest BCUT2D eigenvalue weighted by Gasteiger charge is -2.07. The van der Waals surface area contributed by atoms with Gasteiger partial charge in [0.2, 0.25) is 5.12 Å². The van der Waals surface area contributed by atoms with Crippen LogP contribution in [0.4, 0.5) is 0 Å². The Morgan fingerprint density at radius 3 is 2.50 bits per heavy atom. The Morgan fingerprint density at radius 1 is 1.31 bits per heavy atom. The predicted octanol–water partition coefficient (Wildman–Crippen LogP) is 2.26. The quantitative estimate of drug-likeness (QED) is 0.596. The first-order chi connectivity index (χ1) is 7.65. The summed E-state index contributed by atoms with van der Waals surface area (Å²) in [5.41, 5.74) is 1.07. The molecule has 1 aromatic rings. The Balaban J connectivity index is 2.44. The van der Waals surface area contributed by atoms with Crippen molar-refractivity contribution in [2.45, 2.75) is 12.7 Å². The van der Waals surface area contributed by atoms with Gasteiger partial charge >= 0.3 is 5.97 Å². The SMILES string of the molecule is COC(=O)C(C)C(=O)SCc1ccccc1. The summed E-state index contributed by atoms with van der Waals surface area (Å²) in [5, 5.41) is -0.157. The van der Waals surface area contributed by atoms with Gasteiger partial charge < -0.3 is 4.74 Å². The first kappa shape index (κ1) is 12.8. The summed E-state index contributed by atoms with van der Waals surface area (Å²) < 4.78 is 4.51. The van der Waals surface area contributed by atoms with Crippen molar-refractivity contribution >= 4 is 22.8 Å². The van der Waals surface area contributed by atoms with Crippen LogP contribution in [0.15, 0.2) is 30.3 Å². The molecule has 3 nitrogen and oxygen atoms in total. The second-order valence-electron chi connectivity index (χ2n) is 3.34. The van der Waals surface area contributed by atoms with Crippen molar-refractivity contribution in [3.63, 3.8) is 0 Å². The summed E-state index contributed by atoms with van der Waals surface area (Å²) in [6, 6.07) is 9.66. The average Bonchev–Trinajstić information content (AvgIpc) is 2.35. The van der Waals surface area contributed by atoms with Crippen molar-refractivity contribution in [3.8, 4) is 0 Å². The molecule has 1 aromatic carbocycles. The van der Waals surface area contributed by atoms with Crippen LogP contribution in [0.3, 0.4) is 0 Å². The highest BCUT2D eigenvalue weighted by Gasteiger charge is 2.22. The lowest BCUT2D eigenvalue weighted by molar-refractivity contribution is -0.146. The van der Waals surface area contributed by atoms with E-state index in [2.05, 4.69) is 4.74 Å². The number of hydrogen-bond acceptors (Lipinski definition) is 4. The molecule has 0 radical (unpaired) electrons. The van der Waals surface area contributed by atoms with Gasteiger partial charge in [-0.2, -0.15) is 0 Å². The van der Waals surface area contributed by atoms with Gasteiger partial charge in [0, 0.05) is 5.75 Å². The molecule has 0 saturated carbocycles. The first-order valence-electron chi connectivity index (χ1n) is 4.93. The molecule has 4 heteroatoms. The van der Waals surface area contributed by atoms with Gasteiger partial charge in [-0.3, -0.25) is 9.59 Å². The molecular formula is C12H14O3S. The highest BCUT2D eigenvalue weighted by Crippen LogP contribution is 2.17. The number of rotatable bonds is 4. The van der Waals surface area contributed by atoms with Gasteiger partial charge in [0.05, 0.1) is 7.11 Å². The number of carbonyl (C=O) groups is 2. The third-order valence-electron chi connectivity index (χ3n) is 2.13. The summed E-state index contributed by atoms with van der Waals surface area (Å²) in [6.07, 6.45) is 0. The monoisotopic (exact) mass is 238 g/mol. The molecule has 0 saturated heterocycles. The van der Waals surface area contributed by atoms with Gasteiger partial charge in [0.1, 0.15) is 5.92 Å². The fourth-order valence-electron chi connectivity index (χ4n) is 1.13. The molecule has 0 N–H and O–H groups in total. The van der Waals surface area contributed by atoms with Crippen LogP contribution in [0.2, 0.25) is 0 Å². The topological polar surface area (TPSA) is 43.4 Å². The van der Waals surface area contributed by atoms with E-state index in [-0.39, 0.29) is 5.12 Å². The van der Waals surface area contributed by atoms with Crippen LogP contribution in [0.5, 0.6) is 0 Å². The lowest BCUT2D eigenvalue weighted by atomic mass is 10.2. The minimum absolute atomic E-state index is 0.157. The van der Waals surface area contributed by atoms with E-state index < -0.39 is 11.9 Å². The molecule has 1 rings (SSSR count). The number of ether oxygens (including phenoxy) is 1. The first-order valence-corrected chi connectivity index (χ1v) is 5.92. The molecule has 0 aliphatic carbocycles. The zero-order valence-electron chi connectivity index (χ0n) is 9.30. The number of esters is 1. The molecule has 0 aromatic heterocycles. The minimum Gasteiger partial charge on any atom is -0.468 e. The fraction of sp³-hybridized carbons (Fsp3) is 0.333. The molecule has 0 aliphatic rings. The van der Waals surface area contributed by atoms with Crippen LogP contribution in [-0.2, 0) is 20.1 Å². The van der Waals surface area contributed by atoms with Crippen molar-refractivity contribution in [1.29, 1.82) is 0 Å². The Hall–Kier alpha value is -1.29. The van der Waals surface area contributed by atoms with Crippen LogP contribution >= 0.6 is 11.8 Å². The van der Waals surface area contributed by atoms with E-state index in [1.807, 2.05) is 30.3 Å². The second-order valence-corrected chi connectivity index (χ2v) is 4.32. The number of carbonyl (C=O) groups excluding carboxylic acids is 2. The lowest BCUT2D eigenvalue weighted by Crippen LogP contribution is -2.19. The smallest absolute Gasteiger partial charge is 0.316 e. The van der Waals surface area contributed by atoms with Gasteiger partial charge in [-0.1, -0.05) is 42.1 Å². The van der Waals surface area contributed by atoms with Crippen LogP contribution in [0.25, 0.3) is 0 Å². The van der Waals surface area contributed by atoms with E-state index in [4.69, 9.17) is 0 Å². The Morgan fingerprint density at radius 2 is 1.94 bits per heavy atom. The molecule has 0 spiro atoms. The Labute approximate surface area is 99.2 Å². The van der Waals surface area contributed by atoms with E-state index in [0.29, 0.717) is 5.75 Å². The van der Waals surface area contributed by atoms with Gasteiger partial charge in [-0.15, -0.1) is 0 Å². The number of methoxy groups -OCH3 is 1. The molecule has 1 atom stereocenters. The summed E-state index contributed by atoms with van der Waals surface area (Å²) in [5.74, 6) is -0.592. The highest BCUT2D eigenvalue weighted by atomic mass is 32.2. The predicted molar refractivity (Wildman–Crippen MR) is 63.9 cm³/mol. The van der Waals surface area contributed by atoms with E-state index >= 15 is 0 Å². The molecule has 86 valence electrons. The standard InChI is InChI=1S/C12H14O3S/c1-9(11(13)15-2)12(14)16-8-10-6-4-3-5-7-10/h3-7,9H,8H2,1-2H3. The molecule has 0 amide bonds. The van der Waals surface area contributed by atoms with Gasteiger partial charge in [0.25, 0.3) is 0 Å². The molecule has 0 fully saturated rings. The van der Waals surface area contributed by atoms with Gasteiger partial charge in [-0.05, 0) is 12.5 Å². The highest BCUT2D eigenvalue weighted by molar-refractivity contribution is 8.13. The second kappa shape index (κ2) is 6.33. The van der Waals surface area contributed by atoms with Crippen molar-refractivity contribution < 1.29 is 14.3 Å². The van der Waals surface area contributed by atoms with Crippen molar-refractivity contribution in [2.24, 2.45) is 5.92 Å². The van der Waals surface area contributed by atoms with E-state index in [0.717, 1.165) is 17.3 Å². The Bertz CT molecular complexity index is 362. The molecule has 16 heavy (non-hydrogen) atoms. The summed E-state index contributed by atoms with van der Waals surface area (Å²) in [7, 11) is 1.29. The number of hydrogen-bond donors (Lipinski definition) is 0. The zero-order valence-corrected chi connectivity index (χ0v) is 10.1. The van der Waals surface area contributed by atoms with Crippen LogP contribution in [-0.4, -0.2) is 18.2 Å². The van der Waals surface area contributed by atoms with Crippen LogP contribution in [0, 0.1) is 5.92 Å². The average molecular weight is 238 g/mol. The summed E-state index contributed by atoms with van der Waals surface area (Å²) >= 11 is 1.14. The maximum absolute atomic E-state index is 11.6. The molecule has 0 heterocycles. The molecule has 0 bridgehead atoms. The van der Waals surface area contributed by atoms with Crippen molar-refractivity contribution in [1.82, 2.24) is 0 Å². The number of thioether (sulfide) groups is 1. The maximum atomic E-state index is 11.6. The van der Waals surface area contributed by atoms with Crippen molar-refractivity contribution in [2.75, 3.05) is 7.11 Å². The molecule has 0 aliphatic heterocycles. The number of benzene rings is 1. The zero-order chi connectivity index (χ0) is 12.0. The van der Waals surface area contributed by atoms with Crippen LogP contribution < -0.4 is 0 Å². The summed E-state index contributed by atoms with van der Waals surface area (Å²) in [6.45, 7) is 1.56.